The first-order valence-electron chi connectivity index (χ1n) is 5.37. The molecule has 17 heavy (non-hydrogen) atoms. The molecule has 7 heteroatoms. The van der Waals surface area contributed by atoms with Crippen LogP contribution >= 0.6 is 0 Å². The van der Waals surface area contributed by atoms with Gasteiger partial charge in [-0.05, 0) is 6.42 Å². The minimum absolute atomic E-state index is 0.220. The van der Waals surface area contributed by atoms with E-state index in [1.165, 1.54) is 0 Å². The van der Waals surface area contributed by atoms with Gasteiger partial charge in [0, 0.05) is 13.0 Å². The first-order valence-corrected chi connectivity index (χ1v) is 5.37. The van der Waals surface area contributed by atoms with Crippen molar-refractivity contribution in [3.05, 3.63) is 0 Å². The van der Waals surface area contributed by atoms with Crippen molar-refractivity contribution in [2.75, 3.05) is 6.54 Å². The van der Waals surface area contributed by atoms with E-state index in [1.807, 2.05) is 6.92 Å². The third-order valence-corrected chi connectivity index (χ3v) is 2.21. The molecule has 0 aromatic heterocycles. The van der Waals surface area contributed by atoms with Gasteiger partial charge in [-0.15, -0.1) is 0 Å². The number of carboxylic acids is 2. The van der Waals surface area contributed by atoms with Gasteiger partial charge in [0.15, 0.2) is 11.8 Å². The minimum atomic E-state index is -1.07. The van der Waals surface area contributed by atoms with E-state index < -0.39 is 24.0 Å². The molecule has 1 heterocycles. The normalized spacial score (nSPS) is 20.4. The van der Waals surface area contributed by atoms with Gasteiger partial charge in [0.1, 0.15) is 6.04 Å². The van der Waals surface area contributed by atoms with Crippen LogP contribution in [-0.4, -0.2) is 46.6 Å². The number of nitrogens with two attached hydrogens (primary N) is 1. The second-order valence-electron chi connectivity index (χ2n) is 3.68. The van der Waals surface area contributed by atoms with Crippen LogP contribution in [0.5, 0.6) is 0 Å². The quantitative estimate of drug-likeness (QED) is 0.478. The first-order chi connectivity index (χ1) is 7.90. The molecule has 1 unspecified atom stereocenters. The number of nitrogens with one attached hydrogen (secondary N) is 1. The number of carboxylic acid groups (broad SMARTS) is 2. The van der Waals surface area contributed by atoms with Crippen molar-refractivity contribution in [2.45, 2.75) is 38.3 Å². The second kappa shape index (κ2) is 7.75. The molecule has 1 aliphatic rings. The summed E-state index contributed by atoms with van der Waals surface area (Å²) in [5, 5.41) is 19.0. The summed E-state index contributed by atoms with van der Waals surface area (Å²) in [6, 6.07) is -1.61. The van der Waals surface area contributed by atoms with E-state index in [1.54, 1.807) is 0 Å². The van der Waals surface area contributed by atoms with Crippen molar-refractivity contribution >= 4 is 17.7 Å². The molecular weight excluding hydrogens is 228 g/mol. The van der Waals surface area contributed by atoms with Crippen LogP contribution in [0, 0.1) is 0 Å². The molecule has 1 rings (SSSR count). The molecule has 1 fully saturated rings. The number of carbonyl (C=O) groups is 3. The lowest BCUT2D eigenvalue weighted by Gasteiger charge is -2.00. The maximum atomic E-state index is 10.6. The van der Waals surface area contributed by atoms with Gasteiger partial charge in [-0.2, -0.15) is 0 Å². The molecule has 0 radical (unpaired) electrons. The first kappa shape index (κ1) is 15.5. The highest BCUT2D eigenvalue weighted by Crippen LogP contribution is 1.99. The Morgan fingerprint density at radius 2 is 2.12 bits per heavy atom. The van der Waals surface area contributed by atoms with Crippen LogP contribution in [0.2, 0.25) is 0 Å². The van der Waals surface area contributed by atoms with Crippen molar-refractivity contribution < 1.29 is 24.6 Å². The number of Topliss-reactive ketones (excluding diaryl/α,β-unsaturated/α-hetero) is 1. The Labute approximate surface area is 99.0 Å². The van der Waals surface area contributed by atoms with E-state index in [0.29, 0.717) is 19.4 Å². The zero-order valence-corrected chi connectivity index (χ0v) is 9.68. The maximum absolute atomic E-state index is 10.6. The Morgan fingerprint density at radius 1 is 1.53 bits per heavy atom. The Hall–Kier alpha value is -1.47. The molecule has 1 aliphatic heterocycles. The number of ketones is 1. The van der Waals surface area contributed by atoms with Gasteiger partial charge in [-0.25, -0.2) is 0 Å². The Morgan fingerprint density at radius 3 is 2.29 bits per heavy atom. The molecule has 98 valence electrons. The molecule has 0 amide bonds. The summed E-state index contributed by atoms with van der Waals surface area (Å²) in [7, 11) is 0. The maximum Gasteiger partial charge on any atom is 0.328 e. The van der Waals surface area contributed by atoms with Gasteiger partial charge in [0.05, 0.1) is 0 Å². The molecule has 2 atom stereocenters. The van der Waals surface area contributed by atoms with Gasteiger partial charge >= 0.3 is 11.9 Å². The lowest BCUT2D eigenvalue weighted by molar-refractivity contribution is -0.142. The number of hydrogen-bond donors (Lipinski definition) is 4. The monoisotopic (exact) mass is 246 g/mol. The zero-order chi connectivity index (χ0) is 13.4. The van der Waals surface area contributed by atoms with Crippen molar-refractivity contribution in [3.8, 4) is 0 Å². The summed E-state index contributed by atoms with van der Waals surface area (Å²) in [6.07, 6.45) is 1.74. The Kier molecular flexibility index (Phi) is 7.08. The lowest BCUT2D eigenvalue weighted by Crippen LogP contribution is -2.35. The van der Waals surface area contributed by atoms with E-state index >= 15 is 0 Å². The molecule has 5 N–H and O–H groups in total. The third-order valence-electron chi connectivity index (χ3n) is 2.21. The van der Waals surface area contributed by atoms with E-state index in [-0.39, 0.29) is 5.78 Å². The van der Waals surface area contributed by atoms with Crippen LogP contribution in [-0.2, 0) is 14.4 Å². The fourth-order valence-electron chi connectivity index (χ4n) is 1.26. The SMILES string of the molecule is CCCC(N)C(=O)O.O=C(O)[C@H]1NCCC1=O. The predicted octanol–water partition coefficient (Wildman–Crippen LogP) is -0.800. The summed E-state index contributed by atoms with van der Waals surface area (Å²) in [4.78, 5) is 30.7. The molecule has 0 spiro atoms. The van der Waals surface area contributed by atoms with E-state index in [4.69, 9.17) is 15.9 Å². The summed E-state index contributed by atoms with van der Waals surface area (Å²) in [5.74, 6) is -2.20. The Balaban J connectivity index is 0.000000304. The molecule has 7 nitrogen and oxygen atoms in total. The molecule has 0 saturated carbocycles. The average molecular weight is 246 g/mol. The summed E-state index contributed by atoms with van der Waals surface area (Å²) in [6.45, 7) is 2.40. The highest BCUT2D eigenvalue weighted by molar-refractivity contribution is 6.03. The van der Waals surface area contributed by atoms with Crippen molar-refractivity contribution in [3.63, 3.8) is 0 Å². The van der Waals surface area contributed by atoms with Crippen molar-refractivity contribution in [1.82, 2.24) is 5.32 Å². The van der Waals surface area contributed by atoms with E-state index in [9.17, 15) is 14.4 Å². The van der Waals surface area contributed by atoms with Gasteiger partial charge in [0.2, 0.25) is 0 Å². The highest BCUT2D eigenvalue weighted by Gasteiger charge is 2.29. The van der Waals surface area contributed by atoms with Gasteiger partial charge < -0.3 is 15.9 Å². The van der Waals surface area contributed by atoms with E-state index in [2.05, 4.69) is 5.32 Å². The molecule has 0 aliphatic carbocycles. The standard InChI is InChI=1S/C5H7NO3.C5H11NO2/c7-3-1-2-6-4(3)5(8)9;1-2-3-4(6)5(7)8/h4,6H,1-2H2,(H,8,9);4H,2-3,6H2,1H3,(H,7,8)/t4-;/m0./s1. The molecular formula is C10H18N2O5. The second-order valence-corrected chi connectivity index (χ2v) is 3.68. The van der Waals surface area contributed by atoms with Crippen LogP contribution in [0.4, 0.5) is 0 Å². The van der Waals surface area contributed by atoms with Crippen LogP contribution in [0.3, 0.4) is 0 Å². The minimum Gasteiger partial charge on any atom is -0.480 e. The number of aliphatic carboxylic acids is 2. The third kappa shape index (κ3) is 5.98. The summed E-state index contributed by atoms with van der Waals surface area (Å²) < 4.78 is 0. The fraction of sp³-hybridized carbons (Fsp3) is 0.700. The molecule has 0 aromatic rings. The lowest BCUT2D eigenvalue weighted by atomic mass is 10.2. The van der Waals surface area contributed by atoms with Gasteiger partial charge in [-0.3, -0.25) is 19.7 Å². The molecule has 0 aromatic carbocycles. The summed E-state index contributed by atoms with van der Waals surface area (Å²) in [5.41, 5.74) is 5.13. The largest absolute Gasteiger partial charge is 0.480 e. The van der Waals surface area contributed by atoms with Gasteiger partial charge in [-0.1, -0.05) is 13.3 Å². The zero-order valence-electron chi connectivity index (χ0n) is 9.68. The van der Waals surface area contributed by atoms with Crippen molar-refractivity contribution in [2.24, 2.45) is 5.73 Å². The number of hydrogen-bond acceptors (Lipinski definition) is 5. The van der Waals surface area contributed by atoms with Crippen LogP contribution in [0.1, 0.15) is 26.2 Å². The van der Waals surface area contributed by atoms with Crippen LogP contribution in [0.25, 0.3) is 0 Å². The highest BCUT2D eigenvalue weighted by atomic mass is 16.4. The summed E-state index contributed by atoms with van der Waals surface area (Å²) >= 11 is 0. The van der Waals surface area contributed by atoms with Crippen molar-refractivity contribution in [1.29, 1.82) is 0 Å². The topological polar surface area (TPSA) is 130 Å². The number of carbonyl (C=O) groups excluding carboxylic acids is 1. The smallest absolute Gasteiger partial charge is 0.328 e. The fourth-order valence-corrected chi connectivity index (χ4v) is 1.26. The van der Waals surface area contributed by atoms with Crippen LogP contribution in [0.15, 0.2) is 0 Å². The average Bonchev–Trinajstić information content (AvgIpc) is 2.65. The predicted molar refractivity (Wildman–Crippen MR) is 59.6 cm³/mol. The molecule has 1 saturated heterocycles. The number of rotatable bonds is 4. The van der Waals surface area contributed by atoms with Gasteiger partial charge in [0.25, 0.3) is 0 Å². The Bertz CT molecular complexity index is 292. The van der Waals surface area contributed by atoms with E-state index in [0.717, 1.165) is 6.42 Å². The molecule has 0 bridgehead atoms. The van der Waals surface area contributed by atoms with Crippen LogP contribution < -0.4 is 11.1 Å².